The molecule has 2 atom stereocenters. The van der Waals surface area contributed by atoms with Crippen LogP contribution in [0.3, 0.4) is 0 Å². The average Bonchev–Trinajstić information content (AvgIpc) is 3.10. The lowest BCUT2D eigenvalue weighted by molar-refractivity contribution is -0.300. The van der Waals surface area contributed by atoms with Gasteiger partial charge in [-0.15, -0.1) is 0 Å². The Balaban J connectivity index is 1.62. The van der Waals surface area contributed by atoms with E-state index >= 15 is 0 Å². The van der Waals surface area contributed by atoms with Crippen LogP contribution in [0, 0.1) is 5.82 Å². The SMILES string of the molecule is CC(C)n1c(CC[C@@H]2C[C@H](CC(=O)OC(C)(C)C)OC(C)(C)O2)c(-c2ccc([19F])cc2)c2ccccc21. The summed E-state index contributed by atoms with van der Waals surface area (Å²) in [4.78, 5) is 12.5. The van der Waals surface area contributed by atoms with E-state index in [0.29, 0.717) is 6.42 Å². The summed E-state index contributed by atoms with van der Waals surface area (Å²) in [7, 11) is 0. The number of esters is 1. The van der Waals surface area contributed by atoms with Gasteiger partial charge in [-0.3, -0.25) is 4.79 Å². The molecule has 0 bridgehead atoms. The largest absolute Gasteiger partial charge is 0.460 e. The lowest BCUT2D eigenvalue weighted by atomic mass is 9.96. The molecule has 2 aromatic carbocycles. The summed E-state index contributed by atoms with van der Waals surface area (Å²) in [5.41, 5.74) is 3.99. The van der Waals surface area contributed by atoms with E-state index in [-0.39, 0.29) is 36.5 Å². The van der Waals surface area contributed by atoms with Gasteiger partial charge in [0.25, 0.3) is 0 Å². The molecule has 0 spiro atoms. The van der Waals surface area contributed by atoms with Crippen LogP contribution in [-0.4, -0.2) is 34.1 Å². The molecule has 0 saturated carbocycles. The number of aromatic nitrogens is 1. The summed E-state index contributed by atoms with van der Waals surface area (Å²) in [6.45, 7) is 13.8. The fourth-order valence-corrected chi connectivity index (χ4v) is 5.48. The summed E-state index contributed by atoms with van der Waals surface area (Å²) in [5.74, 6) is -1.29. The van der Waals surface area contributed by atoms with Crippen LogP contribution < -0.4 is 0 Å². The molecule has 3 aromatic rings. The fourth-order valence-electron chi connectivity index (χ4n) is 5.48. The molecule has 200 valence electrons. The predicted octanol–water partition coefficient (Wildman–Crippen LogP) is 7.60. The summed E-state index contributed by atoms with van der Waals surface area (Å²) < 4.78 is 34.1. The van der Waals surface area contributed by atoms with Crippen molar-refractivity contribution in [1.82, 2.24) is 4.57 Å². The highest BCUT2D eigenvalue weighted by atomic mass is 19.1. The maximum Gasteiger partial charge on any atom is 0.308 e. The van der Waals surface area contributed by atoms with Crippen LogP contribution in [-0.2, 0) is 25.4 Å². The molecule has 0 N–H and O–H groups in total. The minimum absolute atomic E-state index is 0.0733. The first kappa shape index (κ1) is 27.3. The Kier molecular flexibility index (Phi) is 7.82. The molecule has 0 radical (unpaired) electrons. The molecule has 1 aliphatic rings. The van der Waals surface area contributed by atoms with Crippen molar-refractivity contribution in [2.24, 2.45) is 0 Å². The number of halogens is 1. The van der Waals surface area contributed by atoms with Crippen molar-refractivity contribution in [2.75, 3.05) is 0 Å². The predicted molar refractivity (Wildman–Crippen MR) is 145 cm³/mol. The number of ether oxygens (including phenoxy) is 3. The van der Waals surface area contributed by atoms with Crippen molar-refractivity contribution in [1.29, 1.82) is 0 Å². The number of fused-ring (bicyclic) bond motifs is 1. The first-order chi connectivity index (χ1) is 17.3. The Bertz CT molecular complexity index is 1240. The van der Waals surface area contributed by atoms with E-state index in [1.165, 1.54) is 23.3 Å². The van der Waals surface area contributed by atoms with Gasteiger partial charge < -0.3 is 18.8 Å². The zero-order valence-corrected chi connectivity index (χ0v) is 23.1. The van der Waals surface area contributed by atoms with Crippen LogP contribution in [0.4, 0.5) is 4.39 Å². The number of para-hydroxylation sites is 1. The quantitative estimate of drug-likeness (QED) is 0.308. The highest BCUT2D eigenvalue weighted by Crippen LogP contribution is 2.39. The minimum Gasteiger partial charge on any atom is -0.460 e. The Morgan fingerprint density at radius 2 is 1.73 bits per heavy atom. The molecule has 1 fully saturated rings. The zero-order chi connectivity index (χ0) is 27.0. The third kappa shape index (κ3) is 6.60. The Hall–Kier alpha value is -2.70. The molecule has 1 aliphatic heterocycles. The number of nitrogens with zero attached hydrogens (tertiary/aromatic N) is 1. The van der Waals surface area contributed by atoms with Gasteiger partial charge >= 0.3 is 5.97 Å². The molecule has 0 aliphatic carbocycles. The molecule has 1 saturated heterocycles. The first-order valence-corrected chi connectivity index (χ1v) is 13.3. The fraction of sp³-hybridized carbons (Fsp3) is 0.516. The Morgan fingerprint density at radius 3 is 2.38 bits per heavy atom. The van der Waals surface area contributed by atoms with Crippen molar-refractivity contribution in [3.05, 3.63) is 60.0 Å². The summed E-state index contributed by atoms with van der Waals surface area (Å²) in [6, 6.07) is 15.4. The summed E-state index contributed by atoms with van der Waals surface area (Å²) in [6.07, 6.45) is 2.03. The lowest BCUT2D eigenvalue weighted by Gasteiger charge is -2.41. The highest BCUT2D eigenvalue weighted by molar-refractivity contribution is 5.98. The second-order valence-electron chi connectivity index (χ2n) is 11.8. The van der Waals surface area contributed by atoms with Gasteiger partial charge in [-0.25, -0.2) is 4.39 Å². The molecule has 6 heteroatoms. The topological polar surface area (TPSA) is 49.7 Å². The van der Waals surface area contributed by atoms with Crippen LogP contribution in [0.1, 0.15) is 79.5 Å². The second kappa shape index (κ2) is 10.6. The molecule has 0 unspecified atom stereocenters. The molecule has 0 amide bonds. The van der Waals surface area contributed by atoms with E-state index in [4.69, 9.17) is 14.2 Å². The van der Waals surface area contributed by atoms with Gasteiger partial charge in [0.05, 0.1) is 18.6 Å². The van der Waals surface area contributed by atoms with Gasteiger partial charge in [-0.1, -0.05) is 30.3 Å². The number of hydrogen-bond acceptors (Lipinski definition) is 4. The van der Waals surface area contributed by atoms with E-state index in [0.717, 1.165) is 29.4 Å². The van der Waals surface area contributed by atoms with E-state index in [9.17, 15) is 9.18 Å². The second-order valence-corrected chi connectivity index (χ2v) is 11.8. The number of hydrogen-bond donors (Lipinski definition) is 0. The maximum absolute atomic E-state index is 13.8. The average molecular weight is 510 g/mol. The third-order valence-corrected chi connectivity index (χ3v) is 6.61. The van der Waals surface area contributed by atoms with Crippen LogP contribution >= 0.6 is 0 Å². The smallest absolute Gasteiger partial charge is 0.308 e. The van der Waals surface area contributed by atoms with Crippen LogP contribution in [0.2, 0.25) is 0 Å². The lowest BCUT2D eigenvalue weighted by Crippen LogP contribution is -2.45. The van der Waals surface area contributed by atoms with Crippen molar-refractivity contribution in [3.63, 3.8) is 0 Å². The molecule has 2 heterocycles. The highest BCUT2D eigenvalue weighted by Gasteiger charge is 2.37. The van der Waals surface area contributed by atoms with Gasteiger partial charge in [0.15, 0.2) is 5.79 Å². The van der Waals surface area contributed by atoms with Crippen LogP contribution in [0.5, 0.6) is 0 Å². The van der Waals surface area contributed by atoms with Crippen molar-refractivity contribution in [2.45, 2.75) is 104 Å². The van der Waals surface area contributed by atoms with Crippen molar-refractivity contribution in [3.8, 4) is 11.1 Å². The third-order valence-electron chi connectivity index (χ3n) is 6.61. The monoisotopic (exact) mass is 509 g/mol. The van der Waals surface area contributed by atoms with Gasteiger partial charge in [0, 0.05) is 34.6 Å². The summed E-state index contributed by atoms with van der Waals surface area (Å²) >= 11 is 0. The Labute approximate surface area is 219 Å². The van der Waals surface area contributed by atoms with Gasteiger partial charge in [-0.2, -0.15) is 0 Å². The number of benzene rings is 2. The van der Waals surface area contributed by atoms with E-state index in [1.54, 1.807) is 0 Å². The van der Waals surface area contributed by atoms with Crippen LogP contribution in [0.15, 0.2) is 48.5 Å². The molecule has 1 aromatic heterocycles. The molecule has 5 nitrogen and oxygen atoms in total. The normalized spacial score (nSPS) is 19.9. The summed E-state index contributed by atoms with van der Waals surface area (Å²) in [5, 5.41) is 1.16. The van der Waals surface area contributed by atoms with E-state index in [1.807, 2.05) is 46.8 Å². The first-order valence-electron chi connectivity index (χ1n) is 13.3. The van der Waals surface area contributed by atoms with Crippen LogP contribution in [0.25, 0.3) is 22.0 Å². The number of rotatable bonds is 7. The van der Waals surface area contributed by atoms with Gasteiger partial charge in [0.1, 0.15) is 11.4 Å². The number of carbonyl (C=O) groups is 1. The van der Waals surface area contributed by atoms with Crippen molar-refractivity contribution < 1.29 is 23.4 Å². The van der Waals surface area contributed by atoms with Gasteiger partial charge in [0.2, 0.25) is 0 Å². The molecule has 37 heavy (non-hydrogen) atoms. The van der Waals surface area contributed by atoms with E-state index < -0.39 is 11.4 Å². The van der Waals surface area contributed by atoms with Gasteiger partial charge in [-0.05, 0) is 85.1 Å². The number of carbonyl (C=O) groups excluding carboxylic acids is 1. The Morgan fingerprint density at radius 1 is 1.08 bits per heavy atom. The minimum atomic E-state index is -0.792. The molecular weight excluding hydrogens is 469 g/mol. The molecular formula is C31H40FNO4. The maximum atomic E-state index is 13.8. The zero-order valence-electron chi connectivity index (χ0n) is 23.1. The molecule has 4 rings (SSSR count). The van der Waals surface area contributed by atoms with E-state index in [2.05, 4.69) is 42.7 Å². The van der Waals surface area contributed by atoms with Crippen molar-refractivity contribution >= 4 is 16.9 Å². The standard InChI is InChI=1S/C31H40FNO4/c1-20(2)33-26-11-9-8-10-25(26)29(21-12-14-22(32)15-13-21)27(33)17-16-23-18-24(36-31(6,7)35-23)19-28(34)37-30(3,4)5/h8-15,20,23-24H,16-19H2,1-7H3/t23-,24-/m1/s1/i32+0.